The van der Waals surface area contributed by atoms with Gasteiger partial charge < -0.3 is 20.1 Å². The lowest BCUT2D eigenvalue weighted by Crippen LogP contribution is -2.26. The van der Waals surface area contributed by atoms with Gasteiger partial charge in [0.05, 0.1) is 25.5 Å². The number of nitrogens with one attached hydrogen (secondary N) is 2. The van der Waals surface area contributed by atoms with Crippen molar-refractivity contribution >= 4 is 39.9 Å². The quantitative estimate of drug-likeness (QED) is 0.450. The summed E-state index contributed by atoms with van der Waals surface area (Å²) >= 11 is 2.72. The number of amides is 2. The molecule has 7 nitrogen and oxygen atoms in total. The van der Waals surface area contributed by atoms with Gasteiger partial charge in [-0.25, -0.2) is 4.98 Å². The van der Waals surface area contributed by atoms with Gasteiger partial charge in [0.15, 0.2) is 4.34 Å². The Hall–Kier alpha value is -3.04. The molecule has 1 heterocycles. The molecule has 1 aromatic heterocycles. The second-order valence-electron chi connectivity index (χ2n) is 7.17. The number of thioether (sulfide) groups is 1. The van der Waals surface area contributed by atoms with E-state index in [1.807, 2.05) is 30.3 Å². The van der Waals surface area contributed by atoms with Crippen molar-refractivity contribution in [2.24, 2.45) is 0 Å². The van der Waals surface area contributed by atoms with E-state index >= 15 is 0 Å². The Morgan fingerprint density at radius 1 is 1.12 bits per heavy atom. The monoisotopic (exact) mass is 469 g/mol. The number of thiazole rings is 1. The number of methoxy groups -OCH3 is 2. The number of anilines is 1. The standard InChI is InChI=1S/C23H23N3O4S2/c1-29-16-10-11-17(18(12-16)30-2)21(28)26-22-20(14-6-4-3-5-7-14)25-23(32-22)31-13-19(27)24-15-8-9-15/h3-7,10-12,15H,8-9,13H2,1-2H3,(H,24,27)(H,26,28). The van der Waals surface area contributed by atoms with E-state index in [-0.39, 0.29) is 17.6 Å². The summed E-state index contributed by atoms with van der Waals surface area (Å²) in [6.07, 6.45) is 2.10. The van der Waals surface area contributed by atoms with Gasteiger partial charge in [0.25, 0.3) is 5.91 Å². The molecular weight excluding hydrogens is 446 g/mol. The fraction of sp³-hybridized carbons (Fsp3) is 0.261. The Kier molecular flexibility index (Phi) is 6.96. The van der Waals surface area contributed by atoms with Crippen molar-refractivity contribution in [2.45, 2.75) is 23.2 Å². The highest BCUT2D eigenvalue weighted by Crippen LogP contribution is 2.38. The average molecular weight is 470 g/mol. The molecule has 2 amide bonds. The molecule has 0 spiro atoms. The first-order valence-electron chi connectivity index (χ1n) is 10.1. The molecule has 4 rings (SSSR count). The first-order chi connectivity index (χ1) is 15.6. The lowest BCUT2D eigenvalue weighted by Gasteiger charge is -2.10. The lowest BCUT2D eigenvalue weighted by atomic mass is 10.1. The van der Waals surface area contributed by atoms with Gasteiger partial charge in [-0.05, 0) is 25.0 Å². The second-order valence-corrected chi connectivity index (χ2v) is 9.40. The van der Waals surface area contributed by atoms with Gasteiger partial charge >= 0.3 is 0 Å². The predicted molar refractivity (Wildman–Crippen MR) is 127 cm³/mol. The predicted octanol–water partition coefficient (Wildman–Crippen LogP) is 4.45. The number of carbonyl (C=O) groups is 2. The molecule has 1 aliphatic rings. The van der Waals surface area contributed by atoms with Crippen molar-refractivity contribution in [1.82, 2.24) is 10.3 Å². The number of nitrogens with zero attached hydrogens (tertiary/aromatic N) is 1. The van der Waals surface area contributed by atoms with Gasteiger partial charge in [-0.3, -0.25) is 9.59 Å². The van der Waals surface area contributed by atoms with Crippen molar-refractivity contribution in [1.29, 1.82) is 0 Å². The van der Waals surface area contributed by atoms with E-state index in [0.29, 0.717) is 38.1 Å². The zero-order valence-electron chi connectivity index (χ0n) is 17.7. The Morgan fingerprint density at radius 3 is 2.59 bits per heavy atom. The molecule has 32 heavy (non-hydrogen) atoms. The van der Waals surface area contributed by atoms with Crippen LogP contribution in [0.2, 0.25) is 0 Å². The summed E-state index contributed by atoms with van der Waals surface area (Å²) in [4.78, 5) is 29.8. The summed E-state index contributed by atoms with van der Waals surface area (Å²) in [7, 11) is 3.07. The highest BCUT2D eigenvalue weighted by molar-refractivity contribution is 8.01. The first kappa shape index (κ1) is 22.2. The summed E-state index contributed by atoms with van der Waals surface area (Å²) in [5.41, 5.74) is 1.94. The van der Waals surface area contributed by atoms with Gasteiger partial charge in [-0.1, -0.05) is 53.4 Å². The molecule has 1 fully saturated rings. The minimum atomic E-state index is -0.312. The third kappa shape index (κ3) is 5.41. The molecule has 0 saturated heterocycles. The smallest absolute Gasteiger partial charge is 0.260 e. The zero-order valence-corrected chi connectivity index (χ0v) is 19.3. The summed E-state index contributed by atoms with van der Waals surface area (Å²) < 4.78 is 11.3. The van der Waals surface area contributed by atoms with Crippen LogP contribution in [0.25, 0.3) is 11.3 Å². The highest BCUT2D eigenvalue weighted by Gasteiger charge is 2.24. The fourth-order valence-electron chi connectivity index (χ4n) is 3.02. The highest BCUT2D eigenvalue weighted by atomic mass is 32.2. The largest absolute Gasteiger partial charge is 0.497 e. The molecule has 1 aliphatic carbocycles. The molecule has 0 atom stereocenters. The Labute approximate surface area is 194 Å². The third-order valence-corrected chi connectivity index (χ3v) is 6.92. The lowest BCUT2D eigenvalue weighted by molar-refractivity contribution is -0.118. The van der Waals surface area contributed by atoms with E-state index in [0.717, 1.165) is 18.4 Å². The van der Waals surface area contributed by atoms with E-state index in [9.17, 15) is 9.59 Å². The number of ether oxygens (including phenoxy) is 2. The minimum Gasteiger partial charge on any atom is -0.497 e. The average Bonchev–Trinajstić information content (AvgIpc) is 3.55. The van der Waals surface area contributed by atoms with E-state index in [2.05, 4.69) is 10.6 Å². The summed E-state index contributed by atoms with van der Waals surface area (Å²) in [6.45, 7) is 0. The fourth-order valence-corrected chi connectivity index (χ4v) is 4.89. The third-order valence-electron chi connectivity index (χ3n) is 4.80. The molecule has 0 unspecified atom stereocenters. The van der Waals surface area contributed by atoms with Gasteiger partial charge in [0.2, 0.25) is 5.91 Å². The number of aromatic nitrogens is 1. The van der Waals surface area contributed by atoms with Crippen LogP contribution in [0.1, 0.15) is 23.2 Å². The maximum Gasteiger partial charge on any atom is 0.260 e. The van der Waals surface area contributed by atoms with Crippen molar-refractivity contribution in [2.75, 3.05) is 25.3 Å². The van der Waals surface area contributed by atoms with Crippen LogP contribution in [-0.4, -0.2) is 42.8 Å². The minimum absolute atomic E-state index is 0.00233. The van der Waals surface area contributed by atoms with Crippen molar-refractivity contribution in [3.05, 3.63) is 54.1 Å². The molecule has 1 saturated carbocycles. The Balaban J connectivity index is 1.56. The Bertz CT molecular complexity index is 1110. The number of rotatable bonds is 9. The molecular formula is C23H23N3O4S2. The summed E-state index contributed by atoms with van der Waals surface area (Å²) in [6, 6.07) is 15.0. The number of hydrogen-bond acceptors (Lipinski definition) is 7. The van der Waals surface area contributed by atoms with Crippen LogP contribution in [0.5, 0.6) is 11.5 Å². The molecule has 0 bridgehead atoms. The number of hydrogen-bond donors (Lipinski definition) is 2. The normalized spacial score (nSPS) is 12.8. The Morgan fingerprint density at radius 2 is 1.91 bits per heavy atom. The van der Waals surface area contributed by atoms with E-state index in [4.69, 9.17) is 14.5 Å². The second kappa shape index (κ2) is 10.1. The van der Waals surface area contributed by atoms with E-state index < -0.39 is 0 Å². The van der Waals surface area contributed by atoms with Gasteiger partial charge in [0.1, 0.15) is 22.2 Å². The first-order valence-corrected chi connectivity index (χ1v) is 11.9. The van der Waals surface area contributed by atoms with E-state index in [1.54, 1.807) is 25.3 Å². The van der Waals surface area contributed by atoms with Crippen LogP contribution in [0.4, 0.5) is 5.00 Å². The molecule has 2 aromatic carbocycles. The van der Waals surface area contributed by atoms with Crippen LogP contribution in [0, 0.1) is 0 Å². The summed E-state index contributed by atoms with van der Waals surface area (Å²) in [5, 5.41) is 6.56. The zero-order chi connectivity index (χ0) is 22.5. The molecule has 2 N–H and O–H groups in total. The van der Waals surface area contributed by atoms with Crippen LogP contribution in [0.3, 0.4) is 0 Å². The van der Waals surface area contributed by atoms with Crippen molar-refractivity contribution in [3.63, 3.8) is 0 Å². The van der Waals surface area contributed by atoms with Gasteiger partial charge in [-0.2, -0.15) is 0 Å². The molecule has 0 aliphatic heterocycles. The molecule has 3 aromatic rings. The van der Waals surface area contributed by atoms with E-state index in [1.165, 1.54) is 30.2 Å². The SMILES string of the molecule is COc1ccc(C(=O)Nc2sc(SCC(=O)NC3CC3)nc2-c2ccccc2)c(OC)c1. The molecule has 9 heteroatoms. The number of benzene rings is 2. The maximum absolute atomic E-state index is 13.1. The maximum atomic E-state index is 13.1. The molecule has 0 radical (unpaired) electrons. The van der Waals surface area contributed by atoms with Gasteiger partial charge in [-0.15, -0.1) is 0 Å². The topological polar surface area (TPSA) is 89.5 Å². The summed E-state index contributed by atoms with van der Waals surface area (Å²) in [5.74, 6) is 0.997. The van der Waals surface area contributed by atoms with Crippen LogP contribution >= 0.6 is 23.1 Å². The molecule has 166 valence electrons. The number of carbonyl (C=O) groups excluding carboxylic acids is 2. The van der Waals surface area contributed by atoms with Crippen molar-refractivity contribution in [3.8, 4) is 22.8 Å². The van der Waals surface area contributed by atoms with Crippen LogP contribution < -0.4 is 20.1 Å². The van der Waals surface area contributed by atoms with Crippen LogP contribution in [0.15, 0.2) is 52.9 Å². The van der Waals surface area contributed by atoms with Crippen molar-refractivity contribution < 1.29 is 19.1 Å². The van der Waals surface area contributed by atoms with Crippen LogP contribution in [-0.2, 0) is 4.79 Å². The van der Waals surface area contributed by atoms with Gasteiger partial charge in [0, 0.05) is 17.7 Å².